The molecule has 0 bridgehead atoms. The molecule has 0 saturated carbocycles. The molecular weight excluding hydrogens is 693 g/mol. The SMILES string of the molecule is CCS(=O)c1cc2c3c(c(S(=O)CC)cc4c3c1C(=O)N(c1c(C(C)C)cccc1C(C)C)C4=O)C(=O)N(c1c(C(C)C)cccc1C(C)C)C2=O. The first-order valence-electron chi connectivity index (χ1n) is 18.1. The lowest BCUT2D eigenvalue weighted by atomic mass is 9.83. The van der Waals surface area contributed by atoms with Crippen molar-refractivity contribution in [3.8, 4) is 0 Å². The summed E-state index contributed by atoms with van der Waals surface area (Å²) in [6, 6.07) is 14.4. The van der Waals surface area contributed by atoms with Crippen LogP contribution in [0.5, 0.6) is 0 Å². The van der Waals surface area contributed by atoms with Crippen LogP contribution in [0.2, 0.25) is 0 Å². The van der Waals surface area contributed by atoms with E-state index in [1.807, 2.05) is 91.8 Å². The summed E-state index contributed by atoms with van der Waals surface area (Å²) in [4.78, 5) is 62.5. The van der Waals surface area contributed by atoms with E-state index in [0.717, 1.165) is 22.3 Å². The molecule has 4 aromatic rings. The summed E-state index contributed by atoms with van der Waals surface area (Å²) in [5.74, 6) is -2.54. The molecule has 0 N–H and O–H groups in total. The largest absolute Gasteiger partial charge is 0.268 e. The molecule has 2 atom stereocenters. The molecule has 2 aliphatic rings. The van der Waals surface area contributed by atoms with Gasteiger partial charge < -0.3 is 0 Å². The van der Waals surface area contributed by atoms with Crippen molar-refractivity contribution in [3.05, 3.63) is 93.0 Å². The number of rotatable bonds is 10. The van der Waals surface area contributed by atoms with E-state index in [0.29, 0.717) is 11.4 Å². The van der Waals surface area contributed by atoms with Crippen LogP contribution in [0.15, 0.2) is 58.3 Å². The smallest absolute Gasteiger partial charge is 0.267 e. The monoisotopic (exact) mass is 738 g/mol. The molecule has 0 fully saturated rings. The van der Waals surface area contributed by atoms with Gasteiger partial charge in [0, 0.05) is 22.3 Å². The summed E-state index contributed by atoms with van der Waals surface area (Å²) in [6.07, 6.45) is 0. The van der Waals surface area contributed by atoms with Gasteiger partial charge in [0.2, 0.25) is 0 Å². The third-order valence-electron chi connectivity index (χ3n) is 10.2. The molecular formula is C42H46N2O6S2. The Morgan fingerprint density at radius 3 is 1.04 bits per heavy atom. The summed E-state index contributed by atoms with van der Waals surface area (Å²) in [6.45, 7) is 19.4. The Kier molecular flexibility index (Phi) is 10.0. The maximum Gasteiger partial charge on any atom is 0.267 e. The highest BCUT2D eigenvalue weighted by atomic mass is 32.2. The molecule has 8 nitrogen and oxygen atoms in total. The molecule has 4 amide bonds. The molecule has 0 radical (unpaired) electrons. The van der Waals surface area contributed by atoms with Crippen molar-refractivity contribution in [2.75, 3.05) is 21.3 Å². The number of hydrogen-bond donors (Lipinski definition) is 0. The lowest BCUT2D eigenvalue weighted by molar-refractivity contribution is 0.0869. The molecule has 2 aliphatic heterocycles. The van der Waals surface area contributed by atoms with Crippen molar-refractivity contribution in [3.63, 3.8) is 0 Å². The molecule has 0 aliphatic carbocycles. The van der Waals surface area contributed by atoms with Crippen molar-refractivity contribution in [1.29, 1.82) is 0 Å². The fourth-order valence-electron chi connectivity index (χ4n) is 7.61. The van der Waals surface area contributed by atoms with Crippen molar-refractivity contribution in [1.82, 2.24) is 0 Å². The van der Waals surface area contributed by atoms with Crippen molar-refractivity contribution in [2.24, 2.45) is 0 Å². The summed E-state index contributed by atoms with van der Waals surface area (Å²) in [5.41, 5.74) is 4.27. The minimum absolute atomic E-state index is 0.0244. The molecule has 2 heterocycles. The molecule has 0 aromatic heterocycles. The number of carbonyl (C=O) groups is 4. The van der Waals surface area contributed by atoms with Gasteiger partial charge in [0.05, 0.1) is 65.0 Å². The van der Waals surface area contributed by atoms with Gasteiger partial charge in [-0.15, -0.1) is 0 Å². The first kappa shape index (κ1) is 37.5. The second-order valence-corrected chi connectivity index (χ2v) is 18.1. The van der Waals surface area contributed by atoms with Gasteiger partial charge in [-0.25, -0.2) is 9.80 Å². The van der Waals surface area contributed by atoms with Crippen LogP contribution in [0.4, 0.5) is 11.4 Å². The summed E-state index contributed by atoms with van der Waals surface area (Å²) < 4.78 is 28.0. The maximum atomic E-state index is 15.0. The maximum absolute atomic E-state index is 15.0. The average Bonchev–Trinajstić information content (AvgIpc) is 3.11. The van der Waals surface area contributed by atoms with Crippen LogP contribution in [0.3, 0.4) is 0 Å². The number of para-hydroxylation sites is 2. The Bertz CT molecular complexity index is 2060. The van der Waals surface area contributed by atoms with E-state index in [2.05, 4.69) is 0 Å². The summed E-state index contributed by atoms with van der Waals surface area (Å²) in [5, 5.41) is 0.228. The van der Waals surface area contributed by atoms with E-state index in [9.17, 15) is 18.0 Å². The van der Waals surface area contributed by atoms with Crippen LogP contribution >= 0.6 is 0 Å². The Morgan fingerprint density at radius 2 is 0.788 bits per heavy atom. The molecule has 10 heteroatoms. The highest BCUT2D eigenvalue weighted by Gasteiger charge is 2.46. The molecule has 2 unspecified atom stereocenters. The number of benzene rings is 4. The number of carbonyl (C=O) groups excluding carboxylic acids is 4. The van der Waals surface area contributed by atoms with Crippen LogP contribution in [-0.4, -0.2) is 43.6 Å². The molecule has 4 aromatic carbocycles. The normalized spacial score (nSPS) is 15.7. The Labute approximate surface area is 310 Å². The predicted molar refractivity (Wildman–Crippen MR) is 209 cm³/mol. The minimum Gasteiger partial charge on any atom is -0.268 e. The zero-order valence-corrected chi connectivity index (χ0v) is 33.1. The van der Waals surface area contributed by atoms with Crippen molar-refractivity contribution < 1.29 is 27.6 Å². The number of anilines is 2. The molecule has 0 saturated heterocycles. The van der Waals surface area contributed by atoms with E-state index in [-0.39, 0.29) is 78.0 Å². The van der Waals surface area contributed by atoms with Gasteiger partial charge in [-0.05, 0) is 58.1 Å². The highest BCUT2D eigenvalue weighted by Crippen LogP contribution is 2.48. The van der Waals surface area contributed by atoms with Crippen molar-refractivity contribution >= 4 is 67.4 Å². The van der Waals surface area contributed by atoms with Crippen LogP contribution in [0, 0.1) is 0 Å². The molecule has 272 valence electrons. The van der Waals surface area contributed by atoms with Crippen LogP contribution < -0.4 is 9.80 Å². The first-order chi connectivity index (χ1) is 24.6. The topological polar surface area (TPSA) is 109 Å². The predicted octanol–water partition coefficient (Wildman–Crippen LogP) is 9.19. The third kappa shape index (κ3) is 5.61. The third-order valence-corrected chi connectivity index (χ3v) is 12.9. The average molecular weight is 739 g/mol. The van der Waals surface area contributed by atoms with Gasteiger partial charge in [0.25, 0.3) is 23.6 Å². The van der Waals surface area contributed by atoms with Gasteiger partial charge >= 0.3 is 0 Å². The Morgan fingerprint density at radius 1 is 0.500 bits per heavy atom. The van der Waals surface area contributed by atoms with Crippen LogP contribution in [0.25, 0.3) is 10.8 Å². The van der Waals surface area contributed by atoms with E-state index in [4.69, 9.17) is 0 Å². The summed E-state index contributed by atoms with van der Waals surface area (Å²) >= 11 is 0. The second kappa shape index (κ2) is 13.9. The van der Waals surface area contributed by atoms with Gasteiger partial charge in [-0.1, -0.05) is 106 Å². The number of imide groups is 2. The quantitative estimate of drug-likeness (QED) is 0.150. The Hall–Kier alpha value is -4.28. The number of amides is 4. The lowest BCUT2D eigenvalue weighted by Crippen LogP contribution is -2.45. The molecule has 6 rings (SSSR count). The van der Waals surface area contributed by atoms with E-state index in [1.54, 1.807) is 13.8 Å². The van der Waals surface area contributed by atoms with E-state index in [1.165, 1.54) is 21.9 Å². The minimum atomic E-state index is -1.75. The zero-order chi connectivity index (χ0) is 38.1. The van der Waals surface area contributed by atoms with E-state index >= 15 is 9.59 Å². The van der Waals surface area contributed by atoms with E-state index < -0.39 is 45.2 Å². The molecule has 52 heavy (non-hydrogen) atoms. The second-order valence-electron chi connectivity index (χ2n) is 14.7. The summed E-state index contributed by atoms with van der Waals surface area (Å²) in [7, 11) is -3.50. The molecule has 0 spiro atoms. The standard InChI is InChI=1S/C42H46N2O6S2/c1-11-51(49)31-19-29-34-33-30(40(46)43(41(47)35(31)33)37-25(21(3)4)15-13-16-26(37)22(5)6)20-32(52(50)12-2)36(34)42(48)44(39(29)45)38-27(23(7)8)17-14-18-28(38)24(9)10/h13-24H,11-12H2,1-10H3. The lowest BCUT2D eigenvalue weighted by Gasteiger charge is -2.36. The Balaban J connectivity index is 1.78. The van der Waals surface area contributed by atoms with Crippen molar-refractivity contribution in [2.45, 2.75) is 103 Å². The fraction of sp³-hybridized carbons (Fsp3) is 0.381. The fourth-order valence-corrected chi connectivity index (χ4v) is 9.57. The highest BCUT2D eigenvalue weighted by molar-refractivity contribution is 7.85. The number of nitrogens with zero attached hydrogens (tertiary/aromatic N) is 2. The van der Waals surface area contributed by atoms with Crippen LogP contribution in [0.1, 0.15) is 157 Å². The van der Waals surface area contributed by atoms with Gasteiger partial charge in [0.1, 0.15) is 0 Å². The van der Waals surface area contributed by atoms with Gasteiger partial charge in [0.15, 0.2) is 0 Å². The number of hydrogen-bond acceptors (Lipinski definition) is 6. The van der Waals surface area contributed by atoms with Gasteiger partial charge in [-0.3, -0.25) is 27.6 Å². The van der Waals surface area contributed by atoms with Crippen LogP contribution in [-0.2, 0) is 21.6 Å². The zero-order valence-electron chi connectivity index (χ0n) is 31.5. The van der Waals surface area contributed by atoms with Gasteiger partial charge in [-0.2, -0.15) is 0 Å². The first-order valence-corrected chi connectivity index (χ1v) is 20.7.